The Morgan fingerprint density at radius 2 is 2.33 bits per heavy atom. The van der Waals surface area contributed by atoms with Gasteiger partial charge < -0.3 is 5.32 Å². The maximum atomic E-state index is 12.0. The highest BCUT2D eigenvalue weighted by atomic mass is 19.3. The van der Waals surface area contributed by atoms with Gasteiger partial charge >= 0.3 is 0 Å². The van der Waals surface area contributed by atoms with Gasteiger partial charge in [0.2, 0.25) is 0 Å². The largest absolute Gasteiger partial charge is 0.316 e. The van der Waals surface area contributed by atoms with Gasteiger partial charge in [0.25, 0.3) is 6.43 Å². The van der Waals surface area contributed by atoms with Gasteiger partial charge in [0, 0.05) is 12.6 Å². The molecule has 1 N–H and O–H groups in total. The van der Waals surface area contributed by atoms with E-state index in [2.05, 4.69) is 5.32 Å². The van der Waals surface area contributed by atoms with Crippen LogP contribution in [0.3, 0.4) is 0 Å². The molecule has 0 aromatic heterocycles. The van der Waals surface area contributed by atoms with Gasteiger partial charge in [-0.3, -0.25) is 4.90 Å². The molecule has 1 heterocycles. The predicted molar refractivity (Wildman–Crippen MR) is 44.5 cm³/mol. The molecule has 1 aliphatic rings. The van der Waals surface area contributed by atoms with Crippen molar-refractivity contribution >= 4 is 0 Å². The molecule has 4 heteroatoms. The highest BCUT2D eigenvalue weighted by Gasteiger charge is 2.20. The summed E-state index contributed by atoms with van der Waals surface area (Å²) < 4.78 is 24.0. The van der Waals surface area contributed by atoms with Crippen LogP contribution in [0.2, 0.25) is 0 Å². The molecule has 72 valence electrons. The third-order valence-corrected chi connectivity index (χ3v) is 2.31. The van der Waals surface area contributed by atoms with Gasteiger partial charge in [0.05, 0.1) is 6.54 Å². The summed E-state index contributed by atoms with van der Waals surface area (Å²) in [4.78, 5) is 1.83. The first kappa shape index (κ1) is 9.86. The molecule has 1 fully saturated rings. The molecule has 0 aromatic rings. The minimum absolute atomic E-state index is 0.0713. The van der Waals surface area contributed by atoms with E-state index < -0.39 is 6.43 Å². The van der Waals surface area contributed by atoms with Crippen LogP contribution in [-0.2, 0) is 0 Å². The molecule has 1 aliphatic heterocycles. The van der Waals surface area contributed by atoms with Crippen LogP contribution < -0.4 is 5.32 Å². The lowest BCUT2D eigenvalue weighted by Gasteiger charge is -2.32. The summed E-state index contributed by atoms with van der Waals surface area (Å²) >= 11 is 0. The Kier molecular flexibility index (Phi) is 3.88. The average Bonchev–Trinajstić information content (AvgIpc) is 2.03. The van der Waals surface area contributed by atoms with Gasteiger partial charge in [-0.15, -0.1) is 0 Å². The van der Waals surface area contributed by atoms with Crippen molar-refractivity contribution in [2.24, 2.45) is 0 Å². The first-order valence-corrected chi connectivity index (χ1v) is 4.40. The van der Waals surface area contributed by atoms with E-state index >= 15 is 0 Å². The third kappa shape index (κ3) is 3.03. The van der Waals surface area contributed by atoms with Crippen molar-refractivity contribution in [2.75, 3.05) is 26.7 Å². The third-order valence-electron chi connectivity index (χ3n) is 2.31. The van der Waals surface area contributed by atoms with Gasteiger partial charge in [-0.1, -0.05) is 0 Å². The number of alkyl halides is 2. The van der Waals surface area contributed by atoms with Gasteiger partial charge in [0.1, 0.15) is 0 Å². The van der Waals surface area contributed by atoms with Gasteiger partial charge in [-0.05, 0) is 26.4 Å². The number of halogens is 2. The van der Waals surface area contributed by atoms with Crippen LogP contribution in [0.25, 0.3) is 0 Å². The fraction of sp³-hybridized carbons (Fsp3) is 1.00. The molecule has 0 amide bonds. The maximum absolute atomic E-state index is 12.0. The Morgan fingerprint density at radius 3 is 2.92 bits per heavy atom. The quantitative estimate of drug-likeness (QED) is 0.691. The summed E-state index contributed by atoms with van der Waals surface area (Å²) in [5.74, 6) is 0. The summed E-state index contributed by atoms with van der Waals surface area (Å²) in [5.41, 5.74) is 0. The second-order valence-electron chi connectivity index (χ2n) is 3.28. The highest BCUT2D eigenvalue weighted by Crippen LogP contribution is 2.10. The molecule has 1 unspecified atom stereocenters. The van der Waals surface area contributed by atoms with E-state index in [0.29, 0.717) is 6.04 Å². The highest BCUT2D eigenvalue weighted by molar-refractivity contribution is 4.76. The number of nitrogens with one attached hydrogen (secondary N) is 1. The monoisotopic (exact) mass is 178 g/mol. The van der Waals surface area contributed by atoms with Gasteiger partial charge in [-0.25, -0.2) is 8.78 Å². The molecular weight excluding hydrogens is 162 g/mol. The zero-order chi connectivity index (χ0) is 8.97. The van der Waals surface area contributed by atoms with Crippen LogP contribution in [-0.4, -0.2) is 44.0 Å². The second-order valence-corrected chi connectivity index (χ2v) is 3.28. The van der Waals surface area contributed by atoms with Gasteiger partial charge in [0.15, 0.2) is 0 Å². The molecule has 1 saturated heterocycles. The number of nitrogens with zero attached hydrogens (tertiary/aromatic N) is 1. The predicted octanol–water partition coefficient (Wildman–Crippen LogP) is 0.935. The Bertz CT molecular complexity index is 130. The molecule has 0 aliphatic carbocycles. The summed E-state index contributed by atoms with van der Waals surface area (Å²) in [5, 5.41) is 3.12. The summed E-state index contributed by atoms with van der Waals surface area (Å²) in [6, 6.07) is 0.400. The summed E-state index contributed by atoms with van der Waals surface area (Å²) in [6.45, 7) is 1.52. The van der Waals surface area contributed by atoms with Crippen LogP contribution in [0, 0.1) is 0 Å². The first-order chi connectivity index (χ1) is 5.72. The number of piperidine rings is 1. The van der Waals surface area contributed by atoms with Crippen molar-refractivity contribution in [1.82, 2.24) is 10.2 Å². The van der Waals surface area contributed by atoms with Crippen LogP contribution >= 0.6 is 0 Å². The van der Waals surface area contributed by atoms with E-state index in [0.717, 1.165) is 25.9 Å². The van der Waals surface area contributed by atoms with Crippen LogP contribution in [0.5, 0.6) is 0 Å². The molecule has 0 radical (unpaired) electrons. The molecular formula is C8H16F2N2. The molecule has 0 saturated carbocycles. The molecule has 1 rings (SSSR count). The fourth-order valence-electron chi connectivity index (χ4n) is 1.65. The normalized spacial score (nSPS) is 26.5. The van der Waals surface area contributed by atoms with E-state index in [1.54, 1.807) is 0 Å². The van der Waals surface area contributed by atoms with Crippen molar-refractivity contribution in [2.45, 2.75) is 25.3 Å². The molecule has 12 heavy (non-hydrogen) atoms. The Balaban J connectivity index is 2.25. The minimum atomic E-state index is -2.19. The standard InChI is InChI=1S/C8H16F2N2/c1-11-7-3-2-4-12(5-7)6-8(9)10/h7-8,11H,2-6H2,1H3. The van der Waals surface area contributed by atoms with E-state index in [1.807, 2.05) is 11.9 Å². The molecule has 1 atom stereocenters. The Morgan fingerprint density at radius 1 is 1.58 bits per heavy atom. The smallest absolute Gasteiger partial charge is 0.251 e. The lowest BCUT2D eigenvalue weighted by atomic mass is 10.1. The number of hydrogen-bond acceptors (Lipinski definition) is 2. The van der Waals surface area contributed by atoms with Gasteiger partial charge in [-0.2, -0.15) is 0 Å². The summed E-state index contributed by atoms with van der Waals surface area (Å²) in [6.07, 6.45) is -0.0605. The number of hydrogen-bond donors (Lipinski definition) is 1. The average molecular weight is 178 g/mol. The van der Waals surface area contributed by atoms with E-state index in [1.165, 1.54) is 0 Å². The topological polar surface area (TPSA) is 15.3 Å². The van der Waals surface area contributed by atoms with Crippen molar-refractivity contribution in [3.8, 4) is 0 Å². The lowest BCUT2D eigenvalue weighted by Crippen LogP contribution is -2.45. The number of likely N-dealkylation sites (N-methyl/N-ethyl adjacent to an activating group) is 1. The second kappa shape index (κ2) is 4.72. The van der Waals surface area contributed by atoms with Crippen LogP contribution in [0.1, 0.15) is 12.8 Å². The minimum Gasteiger partial charge on any atom is -0.316 e. The van der Waals surface area contributed by atoms with Crippen molar-refractivity contribution < 1.29 is 8.78 Å². The van der Waals surface area contributed by atoms with Crippen molar-refractivity contribution in [3.63, 3.8) is 0 Å². The number of rotatable bonds is 3. The summed E-state index contributed by atoms with van der Waals surface area (Å²) in [7, 11) is 1.89. The van der Waals surface area contributed by atoms with Crippen LogP contribution in [0.15, 0.2) is 0 Å². The van der Waals surface area contributed by atoms with Crippen molar-refractivity contribution in [1.29, 1.82) is 0 Å². The SMILES string of the molecule is CNC1CCCN(CC(F)F)C1. The molecule has 2 nitrogen and oxygen atoms in total. The van der Waals surface area contributed by atoms with E-state index in [4.69, 9.17) is 0 Å². The molecule has 0 bridgehead atoms. The van der Waals surface area contributed by atoms with Crippen molar-refractivity contribution in [3.05, 3.63) is 0 Å². The number of likely N-dealkylation sites (tertiary alicyclic amines) is 1. The molecule has 0 spiro atoms. The van der Waals surface area contributed by atoms with E-state index in [9.17, 15) is 8.78 Å². The maximum Gasteiger partial charge on any atom is 0.251 e. The van der Waals surface area contributed by atoms with Crippen LogP contribution in [0.4, 0.5) is 8.78 Å². The molecule has 0 aromatic carbocycles. The van der Waals surface area contributed by atoms with E-state index in [-0.39, 0.29) is 6.54 Å². The first-order valence-electron chi connectivity index (χ1n) is 4.40. The fourth-order valence-corrected chi connectivity index (χ4v) is 1.65. The Hall–Kier alpha value is -0.220. The zero-order valence-electron chi connectivity index (χ0n) is 7.39. The Labute approximate surface area is 71.9 Å². The lowest BCUT2D eigenvalue weighted by molar-refractivity contribution is 0.0715. The zero-order valence-corrected chi connectivity index (χ0v) is 7.39.